The minimum absolute atomic E-state index is 0.448. The van der Waals surface area contributed by atoms with E-state index in [-0.39, 0.29) is 0 Å². The Morgan fingerprint density at radius 3 is 3.28 bits per heavy atom. The van der Waals surface area contributed by atoms with Gasteiger partial charge in [0.2, 0.25) is 5.16 Å². The largest absolute Gasteiger partial charge is 0.378 e. The smallest absolute Gasteiger partial charge is 0.209 e. The lowest BCUT2D eigenvalue weighted by Gasteiger charge is -2.08. The van der Waals surface area contributed by atoms with Crippen LogP contribution in [-0.2, 0) is 11.3 Å². The Bertz CT molecular complexity index is 340. The molecule has 1 unspecified atom stereocenters. The molecule has 6 nitrogen and oxygen atoms in total. The molecule has 1 N–H and O–H groups in total. The first kappa shape index (κ1) is 13.8. The molecule has 18 heavy (non-hydrogen) atoms. The maximum Gasteiger partial charge on any atom is 0.209 e. The van der Waals surface area contributed by atoms with Crippen molar-refractivity contribution in [1.82, 2.24) is 25.5 Å². The van der Waals surface area contributed by atoms with Gasteiger partial charge in [-0.25, -0.2) is 4.68 Å². The molecule has 1 aromatic rings. The summed E-state index contributed by atoms with van der Waals surface area (Å²) >= 11 is 1.72. The van der Waals surface area contributed by atoms with E-state index in [1.165, 1.54) is 12.8 Å². The van der Waals surface area contributed by atoms with Crippen LogP contribution in [0.3, 0.4) is 0 Å². The number of hydrogen-bond donors (Lipinski definition) is 1. The minimum atomic E-state index is 0.448. The van der Waals surface area contributed by atoms with Gasteiger partial charge in [0.15, 0.2) is 0 Å². The van der Waals surface area contributed by atoms with Gasteiger partial charge in [0, 0.05) is 18.9 Å². The average molecular weight is 271 g/mol. The molecule has 0 radical (unpaired) electrons. The molecule has 0 aromatic carbocycles. The van der Waals surface area contributed by atoms with E-state index in [1.54, 1.807) is 11.8 Å². The van der Waals surface area contributed by atoms with E-state index in [4.69, 9.17) is 4.74 Å². The highest BCUT2D eigenvalue weighted by Crippen LogP contribution is 2.20. The number of nitrogens with zero attached hydrogens (tertiary/aromatic N) is 4. The van der Waals surface area contributed by atoms with Crippen LogP contribution in [0.4, 0.5) is 0 Å². The number of likely N-dealkylation sites (N-methyl/N-ethyl adjacent to an activating group) is 1. The molecule has 1 aliphatic rings. The van der Waals surface area contributed by atoms with E-state index >= 15 is 0 Å². The van der Waals surface area contributed by atoms with Crippen molar-refractivity contribution in [2.75, 3.05) is 25.4 Å². The lowest BCUT2D eigenvalue weighted by atomic mass is 10.2. The van der Waals surface area contributed by atoms with Crippen molar-refractivity contribution < 1.29 is 4.74 Å². The van der Waals surface area contributed by atoms with Crippen molar-refractivity contribution in [1.29, 1.82) is 0 Å². The minimum Gasteiger partial charge on any atom is -0.378 e. The van der Waals surface area contributed by atoms with Gasteiger partial charge in [-0.3, -0.25) is 0 Å². The predicted octanol–water partition coefficient (Wildman–Crippen LogP) is 0.944. The van der Waals surface area contributed by atoms with Gasteiger partial charge in [-0.15, -0.1) is 5.10 Å². The fraction of sp³-hybridized carbons (Fsp3) is 0.909. The molecule has 7 heteroatoms. The molecule has 2 heterocycles. The van der Waals surface area contributed by atoms with Crippen molar-refractivity contribution >= 4 is 11.8 Å². The number of aromatic nitrogens is 4. The van der Waals surface area contributed by atoms with Gasteiger partial charge in [-0.1, -0.05) is 18.7 Å². The zero-order valence-corrected chi connectivity index (χ0v) is 11.7. The van der Waals surface area contributed by atoms with E-state index in [0.29, 0.717) is 6.10 Å². The summed E-state index contributed by atoms with van der Waals surface area (Å²) in [5.41, 5.74) is 0. The molecule has 0 aliphatic carbocycles. The number of tetrazole rings is 1. The Kier molecular flexibility index (Phi) is 5.89. The van der Waals surface area contributed by atoms with Crippen molar-refractivity contribution in [2.45, 2.75) is 44.0 Å². The maximum absolute atomic E-state index is 5.60. The van der Waals surface area contributed by atoms with Crippen molar-refractivity contribution in [3.8, 4) is 0 Å². The fourth-order valence-corrected chi connectivity index (χ4v) is 2.89. The van der Waals surface area contributed by atoms with Gasteiger partial charge in [0.1, 0.15) is 0 Å². The number of thioether (sulfide) groups is 1. The monoisotopic (exact) mass is 271 g/mol. The molecule has 1 aromatic heterocycles. The van der Waals surface area contributed by atoms with Crippen LogP contribution in [0.1, 0.15) is 26.2 Å². The summed E-state index contributed by atoms with van der Waals surface area (Å²) in [4.78, 5) is 0. The fourth-order valence-electron chi connectivity index (χ4n) is 1.96. The molecular weight excluding hydrogens is 250 g/mol. The molecule has 0 amide bonds. The van der Waals surface area contributed by atoms with Gasteiger partial charge in [-0.2, -0.15) is 0 Å². The molecule has 1 fully saturated rings. The second kappa shape index (κ2) is 7.70. The molecule has 1 saturated heterocycles. The topological polar surface area (TPSA) is 64.9 Å². The first-order valence-electron chi connectivity index (χ1n) is 6.61. The molecule has 2 rings (SSSR count). The number of hydrogen-bond acceptors (Lipinski definition) is 6. The van der Waals surface area contributed by atoms with Crippen LogP contribution < -0.4 is 5.32 Å². The Morgan fingerprint density at radius 1 is 1.56 bits per heavy atom. The summed E-state index contributed by atoms with van der Waals surface area (Å²) in [5.74, 6) is 1.02. The second-order valence-electron chi connectivity index (χ2n) is 4.31. The zero-order chi connectivity index (χ0) is 12.6. The standard InChI is InChI=1S/C11H21N5OS/c1-2-12-6-7-16-11(13-14-15-16)18-9-5-10-4-3-8-17-10/h10,12H,2-9H2,1H3. The van der Waals surface area contributed by atoms with Crippen LogP contribution in [0.25, 0.3) is 0 Å². The second-order valence-corrected chi connectivity index (χ2v) is 5.37. The maximum atomic E-state index is 5.60. The first-order chi connectivity index (χ1) is 8.90. The van der Waals surface area contributed by atoms with Gasteiger partial charge >= 0.3 is 0 Å². The van der Waals surface area contributed by atoms with E-state index in [1.807, 2.05) is 4.68 Å². The summed E-state index contributed by atoms with van der Waals surface area (Å²) in [6.07, 6.45) is 3.94. The highest BCUT2D eigenvalue weighted by molar-refractivity contribution is 7.99. The zero-order valence-electron chi connectivity index (χ0n) is 10.8. The van der Waals surface area contributed by atoms with Gasteiger partial charge < -0.3 is 10.1 Å². The van der Waals surface area contributed by atoms with Crippen LogP contribution in [0.2, 0.25) is 0 Å². The molecular formula is C11H21N5OS. The van der Waals surface area contributed by atoms with Crippen LogP contribution >= 0.6 is 11.8 Å². The van der Waals surface area contributed by atoms with Gasteiger partial charge in [-0.05, 0) is 36.2 Å². The summed E-state index contributed by atoms with van der Waals surface area (Å²) < 4.78 is 7.46. The molecule has 1 aliphatic heterocycles. The SMILES string of the molecule is CCNCCn1nnnc1SCCC1CCCO1. The number of ether oxygens (including phenoxy) is 1. The number of nitrogens with one attached hydrogen (secondary N) is 1. The van der Waals surface area contributed by atoms with Crippen LogP contribution in [0, 0.1) is 0 Å². The van der Waals surface area contributed by atoms with Crippen molar-refractivity contribution in [2.24, 2.45) is 0 Å². The Balaban J connectivity index is 1.69. The number of rotatable bonds is 8. The molecule has 1 atom stereocenters. The van der Waals surface area contributed by atoms with Crippen LogP contribution in [-0.4, -0.2) is 51.8 Å². The third-order valence-electron chi connectivity index (χ3n) is 2.94. The summed E-state index contributed by atoms with van der Waals surface area (Å²) in [5, 5.41) is 16.0. The van der Waals surface area contributed by atoms with E-state index < -0.39 is 0 Å². The van der Waals surface area contributed by atoms with Crippen LogP contribution in [0.15, 0.2) is 5.16 Å². The average Bonchev–Trinajstić information content (AvgIpc) is 3.02. The lowest BCUT2D eigenvalue weighted by molar-refractivity contribution is 0.109. The van der Waals surface area contributed by atoms with E-state index in [0.717, 1.165) is 43.6 Å². The molecule has 102 valence electrons. The normalized spacial score (nSPS) is 19.5. The van der Waals surface area contributed by atoms with Gasteiger partial charge in [0.05, 0.1) is 12.6 Å². The predicted molar refractivity (Wildman–Crippen MR) is 70.7 cm³/mol. The Hall–Kier alpha value is -0.660. The van der Waals surface area contributed by atoms with E-state index in [2.05, 4.69) is 27.8 Å². The summed E-state index contributed by atoms with van der Waals surface area (Å²) in [6, 6.07) is 0. The Labute approximate surface area is 112 Å². The first-order valence-corrected chi connectivity index (χ1v) is 7.60. The van der Waals surface area contributed by atoms with Gasteiger partial charge in [0.25, 0.3) is 0 Å². The van der Waals surface area contributed by atoms with Crippen molar-refractivity contribution in [3.63, 3.8) is 0 Å². The summed E-state index contributed by atoms with van der Waals surface area (Å²) in [6.45, 7) is 5.72. The quantitative estimate of drug-likeness (QED) is 0.561. The highest BCUT2D eigenvalue weighted by Gasteiger charge is 2.15. The van der Waals surface area contributed by atoms with E-state index in [9.17, 15) is 0 Å². The Morgan fingerprint density at radius 2 is 2.50 bits per heavy atom. The highest BCUT2D eigenvalue weighted by atomic mass is 32.2. The van der Waals surface area contributed by atoms with Crippen LogP contribution in [0.5, 0.6) is 0 Å². The third kappa shape index (κ3) is 4.22. The summed E-state index contributed by atoms with van der Waals surface area (Å²) in [7, 11) is 0. The molecule has 0 saturated carbocycles. The molecule has 0 spiro atoms. The lowest BCUT2D eigenvalue weighted by Crippen LogP contribution is -2.20. The molecule has 0 bridgehead atoms. The van der Waals surface area contributed by atoms with Crippen molar-refractivity contribution in [3.05, 3.63) is 0 Å². The third-order valence-corrected chi connectivity index (χ3v) is 3.93.